The van der Waals surface area contributed by atoms with Crippen LogP contribution < -0.4 is 14.4 Å². The van der Waals surface area contributed by atoms with Crippen LogP contribution in [0.1, 0.15) is 0 Å². The fraction of sp³-hybridized carbons (Fsp3) is 0.259. The van der Waals surface area contributed by atoms with Crippen molar-refractivity contribution in [2.45, 2.75) is 6.10 Å². The third kappa shape index (κ3) is 4.61. The molecular formula is C27H26N2O5. The molecule has 0 radical (unpaired) electrons. The van der Waals surface area contributed by atoms with Crippen LogP contribution in [-0.4, -0.2) is 62.3 Å². The number of benzene rings is 3. The second kappa shape index (κ2) is 9.97. The number of amides is 2. The molecule has 7 heteroatoms. The van der Waals surface area contributed by atoms with E-state index in [4.69, 9.17) is 14.2 Å². The number of nitrogens with zero attached hydrogens (tertiary/aromatic N) is 2. The molecule has 2 amide bonds. The van der Waals surface area contributed by atoms with Crippen LogP contribution in [0.15, 0.2) is 78.9 Å². The maximum absolute atomic E-state index is 13.3. The number of ether oxygens (including phenoxy) is 3. The molecule has 174 valence electrons. The highest BCUT2D eigenvalue weighted by molar-refractivity contribution is 5.98. The third-order valence-corrected chi connectivity index (χ3v) is 6.00. The first-order valence-electron chi connectivity index (χ1n) is 11.4. The zero-order valence-electron chi connectivity index (χ0n) is 18.8. The molecule has 0 unspecified atom stereocenters. The number of carbonyl (C=O) groups is 2. The molecule has 3 aromatic carbocycles. The van der Waals surface area contributed by atoms with Gasteiger partial charge in [-0.25, -0.2) is 0 Å². The molecule has 1 atom stereocenters. The summed E-state index contributed by atoms with van der Waals surface area (Å²) in [5.41, 5.74) is 2.57. The van der Waals surface area contributed by atoms with Gasteiger partial charge in [0.05, 0.1) is 25.4 Å². The standard InChI is InChI=1S/C27H26N2O5/c30-26(19-33-23-12-6-4-10-21(23)20-8-2-1-3-9-20)29-18-25(27(31)28-14-16-32-17-15-28)34-24-13-7-5-11-22(24)29/h1-13,25H,14-19H2/t25-/m0/s1. The Balaban J connectivity index is 1.34. The molecule has 0 saturated carbocycles. The van der Waals surface area contributed by atoms with Crippen molar-refractivity contribution in [1.82, 2.24) is 4.90 Å². The van der Waals surface area contributed by atoms with Crippen LogP contribution in [0.3, 0.4) is 0 Å². The predicted octanol–water partition coefficient (Wildman–Crippen LogP) is 3.39. The topological polar surface area (TPSA) is 68.3 Å². The minimum atomic E-state index is -0.770. The summed E-state index contributed by atoms with van der Waals surface area (Å²) in [4.78, 5) is 29.7. The summed E-state index contributed by atoms with van der Waals surface area (Å²) in [5, 5.41) is 0. The zero-order valence-corrected chi connectivity index (χ0v) is 18.8. The molecule has 0 N–H and O–H groups in total. The first-order valence-corrected chi connectivity index (χ1v) is 11.4. The molecule has 0 spiro atoms. The molecular weight excluding hydrogens is 432 g/mol. The van der Waals surface area contributed by atoms with Crippen LogP contribution in [0.2, 0.25) is 0 Å². The van der Waals surface area contributed by atoms with Crippen LogP contribution >= 0.6 is 0 Å². The van der Waals surface area contributed by atoms with Crippen LogP contribution in [0.5, 0.6) is 11.5 Å². The number of hydrogen-bond acceptors (Lipinski definition) is 5. The third-order valence-electron chi connectivity index (χ3n) is 6.00. The molecule has 2 aliphatic heterocycles. The van der Waals surface area contributed by atoms with Crippen LogP contribution in [0.4, 0.5) is 5.69 Å². The quantitative estimate of drug-likeness (QED) is 0.586. The Hall–Kier alpha value is -3.84. The summed E-state index contributed by atoms with van der Waals surface area (Å²) in [6.07, 6.45) is -0.770. The molecule has 0 bridgehead atoms. The van der Waals surface area contributed by atoms with Crippen molar-refractivity contribution in [3.63, 3.8) is 0 Å². The van der Waals surface area contributed by atoms with Crippen LogP contribution in [0.25, 0.3) is 11.1 Å². The van der Waals surface area contributed by atoms with Gasteiger partial charge in [-0.2, -0.15) is 0 Å². The summed E-state index contributed by atoms with van der Waals surface area (Å²) in [5.74, 6) is 0.771. The summed E-state index contributed by atoms with van der Waals surface area (Å²) in [7, 11) is 0. The summed E-state index contributed by atoms with van der Waals surface area (Å²) < 4.78 is 17.3. The van der Waals surface area contributed by atoms with E-state index in [1.54, 1.807) is 15.9 Å². The lowest BCUT2D eigenvalue weighted by atomic mass is 10.1. The van der Waals surface area contributed by atoms with E-state index in [0.717, 1.165) is 11.1 Å². The maximum Gasteiger partial charge on any atom is 0.265 e. The molecule has 1 saturated heterocycles. The highest BCUT2D eigenvalue weighted by Crippen LogP contribution is 2.34. The number of fused-ring (bicyclic) bond motifs is 1. The number of para-hydroxylation sites is 3. The van der Waals surface area contributed by atoms with Gasteiger partial charge < -0.3 is 24.0 Å². The van der Waals surface area contributed by atoms with E-state index in [1.807, 2.05) is 72.8 Å². The second-order valence-corrected chi connectivity index (χ2v) is 8.17. The molecule has 1 fully saturated rings. The Labute approximate surface area is 198 Å². The molecule has 0 aromatic heterocycles. The van der Waals surface area contributed by atoms with E-state index in [0.29, 0.717) is 43.5 Å². The van der Waals surface area contributed by atoms with E-state index in [9.17, 15) is 9.59 Å². The molecule has 3 aromatic rings. The van der Waals surface area contributed by atoms with Gasteiger partial charge in [0.2, 0.25) is 0 Å². The lowest BCUT2D eigenvalue weighted by Gasteiger charge is -2.37. The van der Waals surface area contributed by atoms with Crippen molar-refractivity contribution in [3.8, 4) is 22.6 Å². The van der Waals surface area contributed by atoms with Crippen molar-refractivity contribution < 1.29 is 23.8 Å². The smallest absolute Gasteiger partial charge is 0.265 e. The number of hydrogen-bond donors (Lipinski definition) is 0. The average Bonchev–Trinajstić information content (AvgIpc) is 2.92. The van der Waals surface area contributed by atoms with Gasteiger partial charge in [-0.05, 0) is 23.8 Å². The normalized spacial score (nSPS) is 17.5. The highest BCUT2D eigenvalue weighted by atomic mass is 16.5. The van der Waals surface area contributed by atoms with Gasteiger partial charge in [0, 0.05) is 18.7 Å². The monoisotopic (exact) mass is 458 g/mol. The van der Waals surface area contributed by atoms with Gasteiger partial charge in [-0.1, -0.05) is 60.7 Å². The molecule has 5 rings (SSSR count). The number of carbonyl (C=O) groups excluding carboxylic acids is 2. The fourth-order valence-corrected chi connectivity index (χ4v) is 4.25. The molecule has 34 heavy (non-hydrogen) atoms. The van der Waals surface area contributed by atoms with Gasteiger partial charge in [0.1, 0.15) is 11.5 Å². The van der Waals surface area contributed by atoms with Gasteiger partial charge in [0.15, 0.2) is 12.7 Å². The summed E-state index contributed by atoms with van der Waals surface area (Å²) in [6, 6.07) is 24.8. The lowest BCUT2D eigenvalue weighted by molar-refractivity contribution is -0.142. The maximum atomic E-state index is 13.3. The second-order valence-electron chi connectivity index (χ2n) is 8.17. The lowest BCUT2D eigenvalue weighted by Crippen LogP contribution is -2.54. The van der Waals surface area contributed by atoms with Crippen molar-refractivity contribution in [1.29, 1.82) is 0 Å². The van der Waals surface area contributed by atoms with Gasteiger partial charge in [-0.3, -0.25) is 9.59 Å². The van der Waals surface area contributed by atoms with E-state index in [-0.39, 0.29) is 25.0 Å². The summed E-state index contributed by atoms with van der Waals surface area (Å²) >= 11 is 0. The number of rotatable bonds is 5. The van der Waals surface area contributed by atoms with Crippen molar-refractivity contribution in [2.75, 3.05) is 44.4 Å². The van der Waals surface area contributed by atoms with Gasteiger partial charge >= 0.3 is 0 Å². The SMILES string of the molecule is O=C([C@@H]1CN(C(=O)COc2ccccc2-c2ccccc2)c2ccccc2O1)N1CCOCC1. The largest absolute Gasteiger partial charge is 0.483 e. The van der Waals surface area contributed by atoms with Gasteiger partial charge in [-0.15, -0.1) is 0 Å². The molecule has 7 nitrogen and oxygen atoms in total. The minimum absolute atomic E-state index is 0.133. The van der Waals surface area contributed by atoms with E-state index in [2.05, 4.69) is 0 Å². The Bertz CT molecular complexity index is 1160. The molecule has 2 aliphatic rings. The number of morpholine rings is 1. The Kier molecular flexibility index (Phi) is 6.44. The van der Waals surface area contributed by atoms with E-state index >= 15 is 0 Å². The molecule has 2 heterocycles. The van der Waals surface area contributed by atoms with Crippen molar-refractivity contribution in [2.24, 2.45) is 0 Å². The first-order chi connectivity index (χ1) is 16.7. The Morgan fingerprint density at radius 1 is 0.882 bits per heavy atom. The fourth-order valence-electron chi connectivity index (χ4n) is 4.25. The Morgan fingerprint density at radius 2 is 1.59 bits per heavy atom. The van der Waals surface area contributed by atoms with Crippen LogP contribution in [0, 0.1) is 0 Å². The molecule has 0 aliphatic carbocycles. The van der Waals surface area contributed by atoms with E-state index in [1.165, 1.54) is 0 Å². The predicted molar refractivity (Wildman–Crippen MR) is 128 cm³/mol. The van der Waals surface area contributed by atoms with E-state index < -0.39 is 6.10 Å². The minimum Gasteiger partial charge on any atom is -0.483 e. The van der Waals surface area contributed by atoms with Crippen LogP contribution in [-0.2, 0) is 14.3 Å². The van der Waals surface area contributed by atoms with Gasteiger partial charge in [0.25, 0.3) is 11.8 Å². The number of anilines is 1. The van der Waals surface area contributed by atoms with Crippen molar-refractivity contribution in [3.05, 3.63) is 78.9 Å². The Morgan fingerprint density at radius 3 is 2.41 bits per heavy atom. The highest BCUT2D eigenvalue weighted by Gasteiger charge is 2.36. The summed E-state index contributed by atoms with van der Waals surface area (Å²) in [6.45, 7) is 2.03. The first kappa shape index (κ1) is 22.0. The average molecular weight is 459 g/mol. The zero-order chi connectivity index (χ0) is 23.3. The van der Waals surface area contributed by atoms with Crippen molar-refractivity contribution >= 4 is 17.5 Å².